The van der Waals surface area contributed by atoms with Crippen molar-refractivity contribution in [2.45, 2.75) is 19.4 Å². The molecule has 0 fully saturated rings. The topological polar surface area (TPSA) is 92.8 Å². The Hall–Kier alpha value is -2.48. The second kappa shape index (κ2) is 8.49. The Morgan fingerprint density at radius 3 is 2.62 bits per heavy atom. The van der Waals surface area contributed by atoms with E-state index in [0.717, 1.165) is 0 Å². The van der Waals surface area contributed by atoms with Crippen molar-refractivity contribution in [1.82, 2.24) is 4.57 Å². The molecule has 1 aliphatic heterocycles. The molecule has 2 N–H and O–H groups in total. The average molecular weight is 439 g/mol. The molecule has 9 heteroatoms. The molecule has 0 spiro atoms. The number of aromatic nitrogens is 1. The number of esters is 1. The molecule has 154 valence electrons. The van der Waals surface area contributed by atoms with Crippen molar-refractivity contribution in [2.75, 3.05) is 20.8 Å². The molecule has 0 radical (unpaired) electrons. The first-order valence-corrected chi connectivity index (χ1v) is 9.49. The van der Waals surface area contributed by atoms with Crippen LogP contribution in [0.3, 0.4) is 0 Å². The van der Waals surface area contributed by atoms with Gasteiger partial charge in [0.1, 0.15) is 11.3 Å². The smallest absolute Gasteiger partial charge is 0.340 e. The maximum atomic E-state index is 13.4. The summed E-state index contributed by atoms with van der Waals surface area (Å²) in [6.45, 7) is 2.46. The molecular weight excluding hydrogens is 419 g/mol. The molecule has 1 atom stereocenters. The van der Waals surface area contributed by atoms with Gasteiger partial charge in [-0.3, -0.25) is 4.79 Å². The van der Waals surface area contributed by atoms with Crippen LogP contribution in [0.5, 0.6) is 5.75 Å². The Morgan fingerprint density at radius 1 is 1.28 bits per heavy atom. The molecule has 0 unspecified atom stereocenters. The summed E-state index contributed by atoms with van der Waals surface area (Å²) < 4.78 is 17.2. The maximum Gasteiger partial charge on any atom is 0.340 e. The van der Waals surface area contributed by atoms with Gasteiger partial charge in [-0.05, 0) is 24.6 Å². The van der Waals surface area contributed by atoms with Gasteiger partial charge in [0.2, 0.25) is 5.88 Å². The summed E-state index contributed by atoms with van der Waals surface area (Å²) in [5.74, 6) is -1.47. The van der Waals surface area contributed by atoms with Crippen LogP contribution in [0.25, 0.3) is 0 Å². The maximum absolute atomic E-state index is 13.4. The highest BCUT2D eigenvalue weighted by molar-refractivity contribution is 6.35. The average Bonchev–Trinajstić information content (AvgIpc) is 2.66. The van der Waals surface area contributed by atoms with Crippen molar-refractivity contribution in [3.05, 3.63) is 72.9 Å². The van der Waals surface area contributed by atoms with Gasteiger partial charge in [-0.15, -0.1) is 0 Å². The minimum absolute atomic E-state index is 0.00321. The number of aryl methyl sites for hydroxylation is 1. The number of rotatable bonds is 5. The number of fused-ring (bicyclic) bond motifs is 1. The molecule has 0 saturated heterocycles. The molecular formula is C20H20Cl2N2O5. The van der Waals surface area contributed by atoms with Gasteiger partial charge in [0, 0.05) is 35.5 Å². The third kappa shape index (κ3) is 3.85. The molecule has 0 amide bonds. The predicted molar refractivity (Wildman–Crippen MR) is 109 cm³/mol. The minimum atomic E-state index is -0.877. The lowest BCUT2D eigenvalue weighted by molar-refractivity contribution is -0.136. The minimum Gasteiger partial charge on any atom is -0.465 e. The van der Waals surface area contributed by atoms with Crippen LogP contribution >= 0.6 is 23.2 Å². The van der Waals surface area contributed by atoms with Gasteiger partial charge in [0.25, 0.3) is 5.56 Å². The number of carbonyl (C=O) groups excluding carboxylic acids is 1. The van der Waals surface area contributed by atoms with Crippen molar-refractivity contribution in [3.63, 3.8) is 0 Å². The number of ether oxygens (including phenoxy) is 3. The molecule has 1 aromatic carbocycles. The van der Waals surface area contributed by atoms with E-state index in [4.69, 9.17) is 43.1 Å². The molecule has 3 rings (SSSR count). The fourth-order valence-electron chi connectivity index (χ4n) is 3.40. The summed E-state index contributed by atoms with van der Waals surface area (Å²) in [6.07, 6.45) is 0. The van der Waals surface area contributed by atoms with E-state index in [1.807, 2.05) is 0 Å². The fraction of sp³-hybridized carbons (Fsp3) is 0.300. The van der Waals surface area contributed by atoms with Crippen LogP contribution in [-0.4, -0.2) is 31.4 Å². The predicted octanol–water partition coefficient (Wildman–Crippen LogP) is 2.98. The van der Waals surface area contributed by atoms with E-state index < -0.39 is 11.9 Å². The molecule has 0 aliphatic carbocycles. The highest BCUT2D eigenvalue weighted by Gasteiger charge is 2.39. The molecule has 2 heterocycles. The van der Waals surface area contributed by atoms with Crippen molar-refractivity contribution < 1.29 is 19.0 Å². The summed E-state index contributed by atoms with van der Waals surface area (Å²) in [5, 5.41) is 0.706. The summed E-state index contributed by atoms with van der Waals surface area (Å²) in [4.78, 5) is 26.0. The number of benzene rings is 1. The van der Waals surface area contributed by atoms with Gasteiger partial charge >= 0.3 is 5.97 Å². The number of nitrogens with zero attached hydrogens (tertiary/aromatic N) is 1. The fourth-order valence-corrected chi connectivity index (χ4v) is 3.92. The Labute approximate surface area is 177 Å². The molecule has 2 aromatic rings. The largest absolute Gasteiger partial charge is 0.465 e. The zero-order valence-electron chi connectivity index (χ0n) is 16.1. The number of pyridine rings is 1. The van der Waals surface area contributed by atoms with E-state index in [2.05, 4.69) is 0 Å². The standard InChI is InChI=1S/C20H20Cl2N2O5/c1-10-8-14-16(19(25)24(10)6-7-27-2)15(12-5-4-11(21)9-13(12)22)17(18(23)29-14)20(26)28-3/h4-5,8-9,15H,6-7,23H2,1-3H3/t15-/m1/s1. The molecule has 0 bridgehead atoms. The quantitative estimate of drug-likeness (QED) is 0.721. The Morgan fingerprint density at radius 2 is 2.00 bits per heavy atom. The highest BCUT2D eigenvalue weighted by atomic mass is 35.5. The molecule has 1 aliphatic rings. The van der Waals surface area contributed by atoms with Crippen molar-refractivity contribution in [1.29, 1.82) is 0 Å². The molecule has 29 heavy (non-hydrogen) atoms. The van der Waals surface area contributed by atoms with E-state index in [1.165, 1.54) is 13.2 Å². The van der Waals surface area contributed by atoms with E-state index in [9.17, 15) is 9.59 Å². The van der Waals surface area contributed by atoms with Crippen molar-refractivity contribution in [2.24, 2.45) is 5.73 Å². The van der Waals surface area contributed by atoms with Gasteiger partial charge in [0.05, 0.1) is 25.2 Å². The van der Waals surface area contributed by atoms with Crippen LogP contribution in [0.15, 0.2) is 40.5 Å². The molecule has 0 saturated carbocycles. The zero-order chi connectivity index (χ0) is 21.3. The number of halogens is 2. The lowest BCUT2D eigenvalue weighted by atomic mass is 9.83. The number of hydrogen-bond acceptors (Lipinski definition) is 6. The monoisotopic (exact) mass is 438 g/mol. The van der Waals surface area contributed by atoms with Crippen molar-refractivity contribution in [3.8, 4) is 5.75 Å². The summed E-state index contributed by atoms with van der Waals surface area (Å²) in [7, 11) is 2.78. The first kappa shape index (κ1) is 21.2. The second-order valence-electron chi connectivity index (χ2n) is 6.48. The number of carbonyl (C=O) groups is 1. The first-order chi connectivity index (χ1) is 13.8. The van der Waals surface area contributed by atoms with Gasteiger partial charge in [0.15, 0.2) is 0 Å². The summed E-state index contributed by atoms with van der Waals surface area (Å²) >= 11 is 12.5. The van der Waals surface area contributed by atoms with Crippen LogP contribution in [-0.2, 0) is 20.8 Å². The van der Waals surface area contributed by atoms with Crippen LogP contribution in [0.1, 0.15) is 22.7 Å². The van der Waals surface area contributed by atoms with Gasteiger partial charge in [-0.2, -0.15) is 0 Å². The lowest BCUT2D eigenvalue weighted by Crippen LogP contribution is -2.35. The molecule has 1 aromatic heterocycles. The summed E-state index contributed by atoms with van der Waals surface area (Å²) in [6, 6.07) is 6.51. The van der Waals surface area contributed by atoms with E-state index in [0.29, 0.717) is 29.4 Å². The third-order valence-corrected chi connectivity index (χ3v) is 5.33. The number of methoxy groups -OCH3 is 2. The number of hydrogen-bond donors (Lipinski definition) is 1. The van der Waals surface area contributed by atoms with E-state index in [1.54, 1.807) is 36.8 Å². The summed E-state index contributed by atoms with van der Waals surface area (Å²) in [5.41, 5.74) is 7.12. The van der Waals surface area contributed by atoms with Gasteiger partial charge < -0.3 is 24.5 Å². The third-order valence-electron chi connectivity index (χ3n) is 4.77. The van der Waals surface area contributed by atoms with Crippen LogP contribution < -0.4 is 16.0 Å². The normalized spacial score (nSPS) is 15.7. The van der Waals surface area contributed by atoms with Crippen molar-refractivity contribution >= 4 is 29.2 Å². The van der Waals surface area contributed by atoms with Crippen LogP contribution in [0.4, 0.5) is 0 Å². The van der Waals surface area contributed by atoms with Crippen LogP contribution in [0.2, 0.25) is 10.0 Å². The number of nitrogens with two attached hydrogens (primary N) is 1. The Bertz CT molecular complexity index is 1060. The first-order valence-electron chi connectivity index (χ1n) is 8.74. The SMILES string of the molecule is COCCn1c(C)cc2c(c1=O)[C@@H](c1ccc(Cl)cc1Cl)C(C(=O)OC)=C(N)O2. The highest BCUT2D eigenvalue weighted by Crippen LogP contribution is 2.43. The van der Waals surface area contributed by atoms with Crippen LogP contribution in [0, 0.1) is 6.92 Å². The van der Waals surface area contributed by atoms with Gasteiger partial charge in [-0.25, -0.2) is 4.79 Å². The van der Waals surface area contributed by atoms with E-state index >= 15 is 0 Å². The molecule has 7 nitrogen and oxygen atoms in total. The lowest BCUT2D eigenvalue weighted by Gasteiger charge is -2.29. The zero-order valence-corrected chi connectivity index (χ0v) is 17.6. The Balaban J connectivity index is 2.33. The van der Waals surface area contributed by atoms with E-state index in [-0.39, 0.29) is 33.4 Å². The second-order valence-corrected chi connectivity index (χ2v) is 7.33. The van der Waals surface area contributed by atoms with Gasteiger partial charge in [-0.1, -0.05) is 29.3 Å². The Kier molecular flexibility index (Phi) is 6.21.